The number of carbonyl (C=O) groups excluding carboxylic acids is 2. The van der Waals surface area contributed by atoms with Gasteiger partial charge in [-0.05, 0) is 31.2 Å². The lowest BCUT2D eigenvalue weighted by atomic mass is 10.1. The van der Waals surface area contributed by atoms with Gasteiger partial charge < -0.3 is 15.0 Å². The van der Waals surface area contributed by atoms with Gasteiger partial charge in [-0.15, -0.1) is 0 Å². The molecular formula is C22H22N4O3. The molecule has 3 aromatic rings. The highest BCUT2D eigenvalue weighted by Gasteiger charge is 2.36. The first-order valence-corrected chi connectivity index (χ1v) is 9.60. The Balaban J connectivity index is 1.45. The highest BCUT2D eigenvalue weighted by Crippen LogP contribution is 2.33. The number of hydrogen-bond acceptors (Lipinski definition) is 4. The summed E-state index contributed by atoms with van der Waals surface area (Å²) in [6.45, 7) is 2.72. The van der Waals surface area contributed by atoms with E-state index < -0.39 is 5.92 Å². The van der Waals surface area contributed by atoms with Gasteiger partial charge in [-0.1, -0.05) is 30.3 Å². The smallest absolute Gasteiger partial charge is 0.231 e. The molecule has 0 aliphatic carbocycles. The Bertz CT molecular complexity index is 1020. The standard InChI is InChI=1S/C22H22N4O3/c1-2-29-19-11-7-6-10-18(19)25-15-16(14-21(25)27)22(28)23-20-12-13-26(24-20)17-8-4-3-5-9-17/h3-13,16H,2,14-15H2,1H3,(H,23,24,28). The third-order valence-corrected chi connectivity index (χ3v) is 4.81. The third kappa shape index (κ3) is 3.99. The number of rotatable bonds is 6. The molecule has 1 saturated heterocycles. The second-order valence-corrected chi connectivity index (χ2v) is 6.78. The van der Waals surface area contributed by atoms with Crippen LogP contribution in [0.3, 0.4) is 0 Å². The molecule has 0 bridgehead atoms. The van der Waals surface area contributed by atoms with E-state index in [1.54, 1.807) is 21.8 Å². The first kappa shape index (κ1) is 18.7. The SMILES string of the molecule is CCOc1ccccc1N1CC(C(=O)Nc2ccn(-c3ccccc3)n2)CC1=O. The fraction of sp³-hybridized carbons (Fsp3) is 0.227. The number of benzene rings is 2. The number of ether oxygens (including phenoxy) is 1. The first-order chi connectivity index (χ1) is 14.2. The molecule has 4 rings (SSSR count). The second-order valence-electron chi connectivity index (χ2n) is 6.78. The third-order valence-electron chi connectivity index (χ3n) is 4.81. The van der Waals surface area contributed by atoms with Crippen LogP contribution in [0.5, 0.6) is 5.75 Å². The Labute approximate surface area is 168 Å². The van der Waals surface area contributed by atoms with Gasteiger partial charge in [-0.3, -0.25) is 9.59 Å². The number of carbonyl (C=O) groups is 2. The average molecular weight is 390 g/mol. The van der Waals surface area contributed by atoms with E-state index >= 15 is 0 Å². The number of hydrogen-bond donors (Lipinski definition) is 1. The Morgan fingerprint density at radius 2 is 1.90 bits per heavy atom. The van der Waals surface area contributed by atoms with Gasteiger partial charge in [0.25, 0.3) is 0 Å². The van der Waals surface area contributed by atoms with Crippen molar-refractivity contribution in [1.82, 2.24) is 9.78 Å². The molecule has 1 aliphatic heterocycles. The monoisotopic (exact) mass is 390 g/mol. The maximum atomic E-state index is 12.7. The minimum absolute atomic E-state index is 0.0906. The molecule has 2 heterocycles. The summed E-state index contributed by atoms with van der Waals surface area (Å²) in [6.07, 6.45) is 1.95. The van der Waals surface area contributed by atoms with Crippen molar-refractivity contribution in [3.05, 3.63) is 66.9 Å². The van der Waals surface area contributed by atoms with Gasteiger partial charge in [-0.25, -0.2) is 4.68 Å². The van der Waals surface area contributed by atoms with Gasteiger partial charge in [0, 0.05) is 25.2 Å². The van der Waals surface area contributed by atoms with Gasteiger partial charge in [-0.2, -0.15) is 5.10 Å². The fourth-order valence-corrected chi connectivity index (χ4v) is 3.42. The maximum Gasteiger partial charge on any atom is 0.231 e. The van der Waals surface area contributed by atoms with Crippen LogP contribution in [0.15, 0.2) is 66.9 Å². The van der Waals surface area contributed by atoms with Crippen molar-refractivity contribution in [1.29, 1.82) is 0 Å². The van der Waals surface area contributed by atoms with Crippen LogP contribution in [0, 0.1) is 5.92 Å². The van der Waals surface area contributed by atoms with E-state index in [4.69, 9.17) is 4.74 Å². The van der Waals surface area contributed by atoms with E-state index in [0.29, 0.717) is 30.4 Å². The molecule has 0 spiro atoms. The molecule has 7 heteroatoms. The van der Waals surface area contributed by atoms with Crippen LogP contribution < -0.4 is 15.0 Å². The normalized spacial score (nSPS) is 16.1. The zero-order chi connectivity index (χ0) is 20.2. The summed E-state index contributed by atoms with van der Waals surface area (Å²) in [7, 11) is 0. The zero-order valence-electron chi connectivity index (χ0n) is 16.1. The minimum atomic E-state index is -0.445. The Morgan fingerprint density at radius 3 is 2.69 bits per heavy atom. The Kier molecular flexibility index (Phi) is 5.29. The van der Waals surface area contributed by atoms with E-state index in [0.717, 1.165) is 5.69 Å². The van der Waals surface area contributed by atoms with Crippen molar-refractivity contribution in [2.24, 2.45) is 5.92 Å². The van der Waals surface area contributed by atoms with Crippen molar-refractivity contribution in [3.63, 3.8) is 0 Å². The molecule has 29 heavy (non-hydrogen) atoms. The summed E-state index contributed by atoms with van der Waals surface area (Å²) in [5, 5.41) is 7.22. The average Bonchev–Trinajstić information content (AvgIpc) is 3.36. The van der Waals surface area contributed by atoms with Crippen LogP contribution in [0.25, 0.3) is 5.69 Å². The molecule has 1 aromatic heterocycles. The highest BCUT2D eigenvalue weighted by molar-refractivity contribution is 6.04. The summed E-state index contributed by atoms with van der Waals surface area (Å²) in [5.74, 6) is 0.352. The lowest BCUT2D eigenvalue weighted by molar-refractivity contribution is -0.122. The van der Waals surface area contributed by atoms with Crippen LogP contribution in [-0.2, 0) is 9.59 Å². The van der Waals surface area contributed by atoms with Crippen LogP contribution in [0.4, 0.5) is 11.5 Å². The molecule has 0 saturated carbocycles. The summed E-state index contributed by atoms with van der Waals surface area (Å²) in [6, 6.07) is 18.8. The molecule has 0 radical (unpaired) electrons. The van der Waals surface area contributed by atoms with Gasteiger partial charge >= 0.3 is 0 Å². The summed E-state index contributed by atoms with van der Waals surface area (Å²) >= 11 is 0. The van der Waals surface area contributed by atoms with Crippen LogP contribution in [0.1, 0.15) is 13.3 Å². The molecule has 1 aliphatic rings. The fourth-order valence-electron chi connectivity index (χ4n) is 3.42. The molecule has 148 valence electrons. The second kappa shape index (κ2) is 8.18. The van der Waals surface area contributed by atoms with Crippen molar-refractivity contribution < 1.29 is 14.3 Å². The Hall–Kier alpha value is -3.61. The number of aromatic nitrogens is 2. The van der Waals surface area contributed by atoms with E-state index in [1.807, 2.05) is 61.5 Å². The van der Waals surface area contributed by atoms with Crippen molar-refractivity contribution in [3.8, 4) is 11.4 Å². The van der Waals surface area contributed by atoms with Crippen LogP contribution in [0.2, 0.25) is 0 Å². The summed E-state index contributed by atoms with van der Waals surface area (Å²) in [5.41, 5.74) is 1.60. The molecule has 1 fully saturated rings. The number of anilines is 2. The largest absolute Gasteiger partial charge is 0.492 e. The van der Waals surface area contributed by atoms with Crippen LogP contribution >= 0.6 is 0 Å². The number of amides is 2. The molecule has 7 nitrogen and oxygen atoms in total. The molecule has 1 N–H and O–H groups in total. The van der Waals surface area contributed by atoms with E-state index in [2.05, 4.69) is 10.4 Å². The summed E-state index contributed by atoms with van der Waals surface area (Å²) in [4.78, 5) is 26.9. The molecule has 2 amide bonds. The van der Waals surface area contributed by atoms with E-state index in [9.17, 15) is 9.59 Å². The predicted octanol–water partition coefficient (Wildman–Crippen LogP) is 3.26. The van der Waals surface area contributed by atoms with Crippen molar-refractivity contribution in [2.45, 2.75) is 13.3 Å². The number of nitrogens with zero attached hydrogens (tertiary/aromatic N) is 3. The Morgan fingerprint density at radius 1 is 1.14 bits per heavy atom. The number of nitrogens with one attached hydrogen (secondary N) is 1. The number of para-hydroxylation sites is 3. The lowest BCUT2D eigenvalue weighted by Crippen LogP contribution is -2.28. The predicted molar refractivity (Wildman–Crippen MR) is 110 cm³/mol. The molecule has 1 atom stereocenters. The first-order valence-electron chi connectivity index (χ1n) is 9.60. The van der Waals surface area contributed by atoms with E-state index in [1.165, 1.54) is 0 Å². The van der Waals surface area contributed by atoms with Gasteiger partial charge in [0.1, 0.15) is 5.75 Å². The van der Waals surface area contributed by atoms with Gasteiger partial charge in [0.15, 0.2) is 5.82 Å². The van der Waals surface area contributed by atoms with Gasteiger partial charge in [0.05, 0.1) is 23.9 Å². The van der Waals surface area contributed by atoms with Crippen LogP contribution in [-0.4, -0.2) is 34.7 Å². The topological polar surface area (TPSA) is 76.5 Å². The van der Waals surface area contributed by atoms with Gasteiger partial charge in [0.2, 0.25) is 11.8 Å². The molecule has 1 unspecified atom stereocenters. The maximum absolute atomic E-state index is 12.7. The molecule has 2 aromatic carbocycles. The minimum Gasteiger partial charge on any atom is -0.492 e. The summed E-state index contributed by atoms with van der Waals surface area (Å²) < 4.78 is 7.32. The zero-order valence-corrected chi connectivity index (χ0v) is 16.1. The van der Waals surface area contributed by atoms with Crippen molar-refractivity contribution >= 4 is 23.3 Å². The highest BCUT2D eigenvalue weighted by atomic mass is 16.5. The quantitative estimate of drug-likeness (QED) is 0.701. The lowest BCUT2D eigenvalue weighted by Gasteiger charge is -2.20. The van der Waals surface area contributed by atoms with E-state index in [-0.39, 0.29) is 18.2 Å². The van der Waals surface area contributed by atoms with Crippen molar-refractivity contribution in [2.75, 3.05) is 23.4 Å². The molecular weight excluding hydrogens is 368 g/mol.